The van der Waals surface area contributed by atoms with Gasteiger partial charge in [-0.25, -0.2) is 8.42 Å². The van der Waals surface area contributed by atoms with Gasteiger partial charge in [-0.15, -0.1) is 11.3 Å². The van der Waals surface area contributed by atoms with Gasteiger partial charge in [0, 0.05) is 31.1 Å². The number of rotatable bonds is 5. The number of nitriles is 1. The predicted molar refractivity (Wildman–Crippen MR) is 139 cm³/mol. The van der Waals surface area contributed by atoms with Crippen molar-refractivity contribution < 1.29 is 13.2 Å². The van der Waals surface area contributed by atoms with Gasteiger partial charge >= 0.3 is 0 Å². The Kier molecular flexibility index (Phi) is 7.39. The van der Waals surface area contributed by atoms with Gasteiger partial charge in [0.05, 0.1) is 17.0 Å². The van der Waals surface area contributed by atoms with Crippen molar-refractivity contribution >= 4 is 32.3 Å². The minimum Gasteiger partial charge on any atom is -0.315 e. The summed E-state index contributed by atoms with van der Waals surface area (Å²) in [5.41, 5.74) is 5.27. The van der Waals surface area contributed by atoms with Gasteiger partial charge in [0.25, 0.3) is 0 Å². The van der Waals surface area contributed by atoms with Gasteiger partial charge in [0.2, 0.25) is 15.9 Å². The molecule has 1 saturated heterocycles. The number of aryl methyl sites for hydroxylation is 2. The minimum atomic E-state index is -3.61. The van der Waals surface area contributed by atoms with Gasteiger partial charge in [-0.1, -0.05) is 13.0 Å². The van der Waals surface area contributed by atoms with Crippen molar-refractivity contribution in [3.63, 3.8) is 0 Å². The predicted octanol–water partition coefficient (Wildman–Crippen LogP) is 3.92. The lowest BCUT2D eigenvalue weighted by molar-refractivity contribution is -0.117. The fraction of sp³-hybridized carbons (Fsp3) is 0.538. The molecule has 2 aliphatic rings. The molecule has 0 saturated carbocycles. The number of fused-ring (bicyclic) bond motifs is 1. The van der Waals surface area contributed by atoms with Crippen molar-refractivity contribution in [3.05, 3.63) is 44.3 Å². The summed E-state index contributed by atoms with van der Waals surface area (Å²) in [4.78, 5) is 16.4. The average Bonchev–Trinajstić information content (AvgIpc) is 3.13. The van der Waals surface area contributed by atoms with Crippen LogP contribution in [0, 0.1) is 44.9 Å². The highest BCUT2D eigenvalue weighted by Crippen LogP contribution is 2.39. The number of piperazine rings is 1. The van der Waals surface area contributed by atoms with Crippen LogP contribution in [0.3, 0.4) is 0 Å². The molecule has 0 bridgehead atoms. The van der Waals surface area contributed by atoms with Gasteiger partial charge in [0.1, 0.15) is 11.1 Å². The molecule has 1 N–H and O–H groups in total. The summed E-state index contributed by atoms with van der Waals surface area (Å²) in [6.07, 6.45) is 2.92. The third-order valence-corrected chi connectivity index (χ3v) is 10.8. The lowest BCUT2D eigenvalue weighted by Crippen LogP contribution is -2.50. The lowest BCUT2D eigenvalue weighted by Gasteiger charge is -2.34. The molecule has 1 fully saturated rings. The van der Waals surface area contributed by atoms with Crippen LogP contribution in [0.1, 0.15) is 51.6 Å². The average molecular weight is 515 g/mol. The summed E-state index contributed by atoms with van der Waals surface area (Å²) in [6, 6.07) is 4.32. The van der Waals surface area contributed by atoms with Crippen LogP contribution in [0.25, 0.3) is 0 Å². The highest BCUT2D eigenvalue weighted by Gasteiger charge is 2.32. The topological polar surface area (TPSA) is 93.5 Å². The molecule has 7 nitrogen and oxygen atoms in total. The Hall–Kier alpha value is -2.25. The zero-order valence-corrected chi connectivity index (χ0v) is 22.8. The third-order valence-electron chi connectivity index (χ3n) is 7.47. The van der Waals surface area contributed by atoms with Crippen LogP contribution < -0.4 is 5.32 Å². The van der Waals surface area contributed by atoms with Crippen molar-refractivity contribution in [1.29, 1.82) is 5.26 Å². The SMILES string of the molecule is Cc1cc(C)c(C)c(S(=O)(=O)N2CCN(CC(=O)Nc3sc4c(c3C#N)CC[C@@H](C)C4)CC2)c1C. The van der Waals surface area contributed by atoms with Crippen LogP contribution in [-0.2, 0) is 27.7 Å². The van der Waals surface area contributed by atoms with Crippen LogP contribution >= 0.6 is 11.3 Å². The second kappa shape index (κ2) is 10.0. The molecule has 1 aliphatic heterocycles. The van der Waals surface area contributed by atoms with Gasteiger partial charge in [-0.3, -0.25) is 9.69 Å². The van der Waals surface area contributed by atoms with Crippen LogP contribution in [-0.4, -0.2) is 56.3 Å². The molecule has 0 unspecified atom stereocenters. The Bertz CT molecular complexity index is 1270. The van der Waals surface area contributed by atoms with Crippen molar-refractivity contribution in [2.24, 2.45) is 5.92 Å². The van der Waals surface area contributed by atoms with E-state index in [0.29, 0.717) is 47.6 Å². The summed E-state index contributed by atoms with van der Waals surface area (Å²) in [5.74, 6) is 0.436. The van der Waals surface area contributed by atoms with E-state index in [1.165, 1.54) is 20.5 Å². The van der Waals surface area contributed by atoms with E-state index in [9.17, 15) is 18.5 Å². The number of hydrogen-bond acceptors (Lipinski definition) is 6. The highest BCUT2D eigenvalue weighted by molar-refractivity contribution is 7.89. The van der Waals surface area contributed by atoms with Crippen molar-refractivity contribution in [1.82, 2.24) is 9.21 Å². The Morgan fingerprint density at radius 3 is 2.37 bits per heavy atom. The van der Waals surface area contributed by atoms with Gasteiger partial charge in [0.15, 0.2) is 0 Å². The molecule has 1 amide bonds. The molecule has 1 atom stereocenters. The Morgan fingerprint density at radius 2 is 1.77 bits per heavy atom. The zero-order valence-electron chi connectivity index (χ0n) is 21.2. The van der Waals surface area contributed by atoms with E-state index < -0.39 is 10.0 Å². The first-order valence-electron chi connectivity index (χ1n) is 12.2. The molecular formula is C26H34N4O3S2. The molecule has 1 aromatic heterocycles. The number of sulfonamides is 1. The normalized spacial score (nSPS) is 19.3. The van der Waals surface area contributed by atoms with E-state index in [2.05, 4.69) is 18.3 Å². The standard InChI is InChI=1S/C26H34N4O3S2/c1-16-6-7-21-22(14-27)26(34-23(21)12-16)28-24(31)15-29-8-10-30(11-9-29)35(32,33)25-19(4)17(2)13-18(3)20(25)5/h13,16H,6-12,15H2,1-5H3,(H,28,31)/t16-/m1/s1. The monoisotopic (exact) mass is 514 g/mol. The van der Waals surface area contributed by atoms with Crippen LogP contribution in [0.15, 0.2) is 11.0 Å². The molecule has 1 aliphatic carbocycles. The maximum atomic E-state index is 13.5. The molecule has 0 spiro atoms. The first-order valence-corrected chi connectivity index (χ1v) is 14.4. The smallest absolute Gasteiger partial charge is 0.243 e. The quantitative estimate of drug-likeness (QED) is 0.653. The number of hydrogen-bond donors (Lipinski definition) is 1. The van der Waals surface area contributed by atoms with E-state index in [1.807, 2.05) is 38.7 Å². The van der Waals surface area contributed by atoms with E-state index >= 15 is 0 Å². The van der Waals surface area contributed by atoms with Gasteiger partial charge in [-0.2, -0.15) is 9.57 Å². The maximum absolute atomic E-state index is 13.5. The molecule has 4 rings (SSSR count). The third kappa shape index (κ3) is 5.03. The molecule has 2 heterocycles. The van der Waals surface area contributed by atoms with E-state index in [4.69, 9.17) is 0 Å². The number of thiophene rings is 1. The second-order valence-electron chi connectivity index (χ2n) is 9.99. The number of carbonyl (C=O) groups is 1. The number of amides is 1. The molecular weight excluding hydrogens is 480 g/mol. The number of anilines is 1. The molecule has 9 heteroatoms. The fourth-order valence-corrected chi connectivity index (χ4v) is 8.53. The Morgan fingerprint density at radius 1 is 1.14 bits per heavy atom. The summed E-state index contributed by atoms with van der Waals surface area (Å²) in [7, 11) is -3.61. The fourth-order valence-electron chi connectivity index (χ4n) is 5.15. The maximum Gasteiger partial charge on any atom is 0.243 e. The van der Waals surface area contributed by atoms with Crippen molar-refractivity contribution in [2.75, 3.05) is 38.0 Å². The number of carbonyl (C=O) groups excluding carboxylic acids is 1. The van der Waals surface area contributed by atoms with Crippen LogP contribution in [0.5, 0.6) is 0 Å². The Labute approximate surface area is 212 Å². The second-order valence-corrected chi connectivity index (χ2v) is 13.0. The Balaban J connectivity index is 1.40. The summed E-state index contributed by atoms with van der Waals surface area (Å²) >= 11 is 1.53. The van der Waals surface area contributed by atoms with Crippen molar-refractivity contribution in [2.45, 2.75) is 58.8 Å². The minimum absolute atomic E-state index is 0.162. The first kappa shape index (κ1) is 25.8. The molecule has 2 aromatic rings. The first-order chi connectivity index (χ1) is 16.5. The number of nitrogens with zero attached hydrogens (tertiary/aromatic N) is 3. The molecule has 35 heavy (non-hydrogen) atoms. The summed E-state index contributed by atoms with van der Waals surface area (Å²) < 4.78 is 28.5. The lowest BCUT2D eigenvalue weighted by atomic mass is 9.89. The van der Waals surface area contributed by atoms with Crippen molar-refractivity contribution in [3.8, 4) is 6.07 Å². The molecule has 188 valence electrons. The number of nitrogens with one attached hydrogen (secondary N) is 1. The molecule has 1 aromatic carbocycles. The largest absolute Gasteiger partial charge is 0.315 e. The molecule has 0 radical (unpaired) electrons. The van der Waals surface area contributed by atoms with Crippen LogP contribution in [0.2, 0.25) is 0 Å². The van der Waals surface area contributed by atoms with E-state index in [0.717, 1.165) is 47.1 Å². The van der Waals surface area contributed by atoms with Gasteiger partial charge in [-0.05, 0) is 80.7 Å². The zero-order chi connectivity index (χ0) is 25.5. The number of benzene rings is 1. The highest BCUT2D eigenvalue weighted by atomic mass is 32.2. The van der Waals surface area contributed by atoms with Gasteiger partial charge < -0.3 is 5.32 Å². The van der Waals surface area contributed by atoms with E-state index in [-0.39, 0.29) is 12.5 Å². The summed E-state index contributed by atoms with van der Waals surface area (Å²) in [5, 5.41) is 13.3. The van der Waals surface area contributed by atoms with E-state index in [1.54, 1.807) is 0 Å². The summed E-state index contributed by atoms with van der Waals surface area (Å²) in [6.45, 7) is 11.7. The van der Waals surface area contributed by atoms with Crippen LogP contribution in [0.4, 0.5) is 5.00 Å².